The number of thiophene rings is 1. The molecule has 0 saturated carbocycles. The summed E-state index contributed by atoms with van der Waals surface area (Å²) in [5.74, 6) is 0. The highest BCUT2D eigenvalue weighted by Crippen LogP contribution is 2.31. The van der Waals surface area contributed by atoms with Crippen LogP contribution in [-0.2, 0) is 0 Å². The van der Waals surface area contributed by atoms with Gasteiger partial charge in [-0.2, -0.15) is 0 Å². The van der Waals surface area contributed by atoms with E-state index in [0.29, 0.717) is 0 Å². The van der Waals surface area contributed by atoms with Crippen LogP contribution in [0.2, 0.25) is 0 Å². The van der Waals surface area contributed by atoms with Crippen molar-refractivity contribution in [3.05, 3.63) is 46.8 Å². The van der Waals surface area contributed by atoms with Gasteiger partial charge in [0.25, 0.3) is 0 Å². The van der Waals surface area contributed by atoms with E-state index in [4.69, 9.17) is 0 Å². The Labute approximate surface area is 99.1 Å². The molecule has 0 N–H and O–H groups in total. The summed E-state index contributed by atoms with van der Waals surface area (Å²) in [4.78, 5) is 13.5. The standard InChI is InChI=1S/C13H13NOS/c1-10-5-3-4-6-12(10)14(2)13-8-7-11(9-15)16-13/h3-9H,1-2H3. The molecule has 0 radical (unpaired) electrons. The normalized spacial score (nSPS) is 10.1. The number of hydrogen-bond donors (Lipinski definition) is 0. The largest absolute Gasteiger partial charge is 0.336 e. The first-order valence-electron chi connectivity index (χ1n) is 5.07. The quantitative estimate of drug-likeness (QED) is 0.752. The molecule has 2 aromatic rings. The third-order valence-corrected chi connectivity index (χ3v) is 3.62. The molecule has 16 heavy (non-hydrogen) atoms. The first kappa shape index (κ1) is 10.9. The molecule has 0 atom stereocenters. The van der Waals surface area contributed by atoms with Crippen molar-refractivity contribution in [3.63, 3.8) is 0 Å². The molecule has 0 amide bonds. The van der Waals surface area contributed by atoms with E-state index in [9.17, 15) is 4.79 Å². The lowest BCUT2D eigenvalue weighted by Gasteiger charge is -2.19. The van der Waals surface area contributed by atoms with E-state index in [1.807, 2.05) is 31.3 Å². The SMILES string of the molecule is Cc1ccccc1N(C)c1ccc(C=O)s1. The van der Waals surface area contributed by atoms with Crippen LogP contribution in [-0.4, -0.2) is 13.3 Å². The van der Waals surface area contributed by atoms with Gasteiger partial charge in [-0.25, -0.2) is 0 Å². The van der Waals surface area contributed by atoms with Gasteiger partial charge in [-0.05, 0) is 30.7 Å². The van der Waals surface area contributed by atoms with E-state index < -0.39 is 0 Å². The fourth-order valence-electron chi connectivity index (χ4n) is 1.64. The van der Waals surface area contributed by atoms with Crippen molar-refractivity contribution >= 4 is 28.3 Å². The molecule has 0 bridgehead atoms. The third-order valence-electron chi connectivity index (χ3n) is 2.54. The van der Waals surface area contributed by atoms with Crippen molar-refractivity contribution in [1.29, 1.82) is 0 Å². The van der Waals surface area contributed by atoms with E-state index in [0.717, 1.165) is 16.2 Å². The first-order chi connectivity index (χ1) is 7.72. The predicted molar refractivity (Wildman–Crippen MR) is 68.9 cm³/mol. The Balaban J connectivity index is 2.35. The van der Waals surface area contributed by atoms with Crippen molar-refractivity contribution in [1.82, 2.24) is 0 Å². The summed E-state index contributed by atoms with van der Waals surface area (Å²) in [5, 5.41) is 1.08. The van der Waals surface area contributed by atoms with Crippen molar-refractivity contribution in [2.24, 2.45) is 0 Å². The molecule has 0 aliphatic carbocycles. The van der Waals surface area contributed by atoms with E-state index in [1.54, 1.807) is 0 Å². The Morgan fingerprint density at radius 2 is 1.94 bits per heavy atom. The summed E-state index contributed by atoms with van der Waals surface area (Å²) in [6, 6.07) is 12.0. The minimum Gasteiger partial charge on any atom is -0.336 e. The zero-order valence-corrected chi connectivity index (χ0v) is 10.1. The smallest absolute Gasteiger partial charge is 0.160 e. The Kier molecular flexibility index (Phi) is 3.06. The summed E-state index contributed by atoms with van der Waals surface area (Å²) < 4.78 is 0. The summed E-state index contributed by atoms with van der Waals surface area (Å²) in [6.45, 7) is 2.08. The molecule has 0 saturated heterocycles. The van der Waals surface area contributed by atoms with E-state index in [2.05, 4.69) is 24.0 Å². The number of rotatable bonds is 3. The summed E-state index contributed by atoms with van der Waals surface area (Å²) >= 11 is 1.50. The molecular formula is C13H13NOS. The number of carbonyl (C=O) groups excluding carboxylic acids is 1. The van der Waals surface area contributed by atoms with Crippen molar-refractivity contribution < 1.29 is 4.79 Å². The molecule has 0 aliphatic heterocycles. The average molecular weight is 231 g/mol. The van der Waals surface area contributed by atoms with Gasteiger partial charge in [0.2, 0.25) is 0 Å². The first-order valence-corrected chi connectivity index (χ1v) is 5.88. The van der Waals surface area contributed by atoms with Crippen molar-refractivity contribution in [2.45, 2.75) is 6.92 Å². The molecule has 2 nitrogen and oxygen atoms in total. The van der Waals surface area contributed by atoms with Crippen LogP contribution in [0, 0.1) is 6.92 Å². The molecule has 0 fully saturated rings. The number of nitrogens with zero attached hydrogens (tertiary/aromatic N) is 1. The zero-order valence-electron chi connectivity index (χ0n) is 9.31. The molecule has 2 rings (SSSR count). The fraction of sp³-hybridized carbons (Fsp3) is 0.154. The van der Waals surface area contributed by atoms with Crippen LogP contribution in [0.4, 0.5) is 10.7 Å². The number of aryl methyl sites for hydroxylation is 1. The number of hydrogen-bond acceptors (Lipinski definition) is 3. The number of anilines is 2. The van der Waals surface area contributed by atoms with Crippen LogP contribution >= 0.6 is 11.3 Å². The lowest BCUT2D eigenvalue weighted by molar-refractivity contribution is 0.112. The number of para-hydroxylation sites is 1. The van der Waals surface area contributed by atoms with Crippen LogP contribution in [0.15, 0.2) is 36.4 Å². The van der Waals surface area contributed by atoms with Gasteiger partial charge in [0, 0.05) is 12.7 Å². The Hall–Kier alpha value is -1.61. The van der Waals surface area contributed by atoms with Gasteiger partial charge in [-0.15, -0.1) is 11.3 Å². The summed E-state index contributed by atoms with van der Waals surface area (Å²) in [5.41, 5.74) is 2.40. The lowest BCUT2D eigenvalue weighted by atomic mass is 10.2. The second-order valence-electron chi connectivity index (χ2n) is 3.64. The minimum absolute atomic E-state index is 0.760. The maximum Gasteiger partial charge on any atom is 0.160 e. The topological polar surface area (TPSA) is 20.3 Å². The highest BCUT2D eigenvalue weighted by molar-refractivity contribution is 7.17. The van der Waals surface area contributed by atoms with Gasteiger partial charge >= 0.3 is 0 Å². The van der Waals surface area contributed by atoms with Crippen LogP contribution < -0.4 is 4.90 Å². The minimum atomic E-state index is 0.760. The van der Waals surface area contributed by atoms with Gasteiger partial charge in [-0.3, -0.25) is 4.79 Å². The highest BCUT2D eigenvalue weighted by Gasteiger charge is 2.08. The number of benzene rings is 1. The molecule has 0 aliphatic rings. The monoisotopic (exact) mass is 231 g/mol. The van der Waals surface area contributed by atoms with E-state index in [1.165, 1.54) is 22.6 Å². The Morgan fingerprint density at radius 3 is 2.56 bits per heavy atom. The van der Waals surface area contributed by atoms with Crippen molar-refractivity contribution in [2.75, 3.05) is 11.9 Å². The van der Waals surface area contributed by atoms with E-state index >= 15 is 0 Å². The molecule has 1 heterocycles. The molecular weight excluding hydrogens is 218 g/mol. The van der Waals surface area contributed by atoms with Crippen molar-refractivity contribution in [3.8, 4) is 0 Å². The molecule has 0 unspecified atom stereocenters. The number of carbonyl (C=O) groups is 1. The maximum atomic E-state index is 10.6. The van der Waals surface area contributed by atoms with Gasteiger partial charge in [0.1, 0.15) is 0 Å². The zero-order chi connectivity index (χ0) is 11.5. The van der Waals surface area contributed by atoms with Crippen LogP contribution in [0.1, 0.15) is 15.2 Å². The van der Waals surface area contributed by atoms with Gasteiger partial charge in [0.15, 0.2) is 6.29 Å². The number of aldehydes is 1. The molecule has 82 valence electrons. The Bertz CT molecular complexity index is 504. The summed E-state index contributed by atoms with van der Waals surface area (Å²) in [7, 11) is 2.02. The molecule has 1 aromatic heterocycles. The van der Waals surface area contributed by atoms with Crippen LogP contribution in [0.5, 0.6) is 0 Å². The van der Waals surface area contributed by atoms with Gasteiger partial charge in [-0.1, -0.05) is 18.2 Å². The molecule has 1 aromatic carbocycles. The van der Waals surface area contributed by atoms with Gasteiger partial charge in [0.05, 0.1) is 9.88 Å². The summed E-state index contributed by atoms with van der Waals surface area (Å²) in [6.07, 6.45) is 0.889. The lowest BCUT2D eigenvalue weighted by Crippen LogP contribution is -2.08. The Morgan fingerprint density at radius 1 is 1.19 bits per heavy atom. The molecule has 3 heteroatoms. The second kappa shape index (κ2) is 4.49. The molecule has 0 spiro atoms. The van der Waals surface area contributed by atoms with Gasteiger partial charge < -0.3 is 4.90 Å². The fourth-order valence-corrected chi connectivity index (χ4v) is 2.44. The predicted octanol–water partition coefficient (Wildman–Crippen LogP) is 3.64. The van der Waals surface area contributed by atoms with Crippen LogP contribution in [0.25, 0.3) is 0 Å². The third kappa shape index (κ3) is 1.99. The maximum absolute atomic E-state index is 10.6. The highest BCUT2D eigenvalue weighted by atomic mass is 32.1. The average Bonchev–Trinajstić information content (AvgIpc) is 2.77. The van der Waals surface area contributed by atoms with Crippen LogP contribution in [0.3, 0.4) is 0 Å². The second-order valence-corrected chi connectivity index (χ2v) is 4.73. The van der Waals surface area contributed by atoms with E-state index in [-0.39, 0.29) is 0 Å².